The van der Waals surface area contributed by atoms with Crippen molar-refractivity contribution in [3.63, 3.8) is 0 Å². The summed E-state index contributed by atoms with van der Waals surface area (Å²) in [6, 6.07) is 14.4. The molecule has 2 rings (SSSR count). The number of benzene rings is 2. The van der Waals surface area contributed by atoms with Crippen molar-refractivity contribution in [2.75, 3.05) is 26.8 Å². The second-order valence-electron chi connectivity index (χ2n) is 9.52. The van der Waals surface area contributed by atoms with E-state index in [0.717, 1.165) is 11.1 Å². The summed E-state index contributed by atoms with van der Waals surface area (Å²) in [4.78, 5) is 50.5. The molecule has 0 aliphatic rings. The van der Waals surface area contributed by atoms with Crippen molar-refractivity contribution < 1.29 is 33.4 Å². The van der Waals surface area contributed by atoms with E-state index in [1.165, 1.54) is 7.11 Å². The zero-order valence-corrected chi connectivity index (χ0v) is 24.1. The highest BCUT2D eigenvalue weighted by Gasteiger charge is 2.27. The summed E-state index contributed by atoms with van der Waals surface area (Å²) in [7, 11) is 1.30. The number of rotatable bonds is 19. The molecule has 11 heteroatoms. The second kappa shape index (κ2) is 19.7. The van der Waals surface area contributed by atoms with Crippen LogP contribution in [0.1, 0.15) is 43.2 Å². The highest BCUT2D eigenvalue weighted by atomic mass is 16.5. The first-order valence-electron chi connectivity index (χ1n) is 14.0. The van der Waals surface area contributed by atoms with Crippen LogP contribution >= 0.6 is 0 Å². The van der Waals surface area contributed by atoms with Gasteiger partial charge in [-0.05, 0) is 55.5 Å². The fourth-order valence-electron chi connectivity index (χ4n) is 3.93. The third-order valence-corrected chi connectivity index (χ3v) is 6.22. The molecule has 2 aromatic carbocycles. The second-order valence-corrected chi connectivity index (χ2v) is 9.52. The number of nitrogens with one attached hydrogen (secondary N) is 3. The van der Waals surface area contributed by atoms with Crippen LogP contribution in [-0.4, -0.2) is 62.8 Å². The Balaban J connectivity index is 2.12. The first-order valence-corrected chi connectivity index (χ1v) is 14.0. The largest absolute Gasteiger partial charge is 0.490 e. The highest BCUT2D eigenvalue weighted by molar-refractivity contribution is 5.91. The minimum absolute atomic E-state index is 0.0338. The van der Waals surface area contributed by atoms with Crippen LogP contribution in [0, 0.1) is 0 Å². The summed E-state index contributed by atoms with van der Waals surface area (Å²) < 4.78 is 15.5. The van der Waals surface area contributed by atoms with Crippen molar-refractivity contribution >= 4 is 23.9 Å². The van der Waals surface area contributed by atoms with Crippen LogP contribution in [0.15, 0.2) is 67.3 Å². The standard InChI is InChI=1S/C31H42N4O7/c1-3-20-41-25-16-14-23(15-17-25)21-27(35-31(39)42-22-24-10-5-4-6-11-24)30(38)34-26(12-7-8-18-32)29(37)33-19-9-13-28(36)40-2/h3-6,10-11,14-17,26-27H,1,7-9,12-13,18-22,32H2,2H3,(H,33,37)(H,34,38)(H,35,39)/t26-,27-/m0/s1. The molecule has 42 heavy (non-hydrogen) atoms. The lowest BCUT2D eigenvalue weighted by Crippen LogP contribution is -2.54. The molecule has 3 amide bonds. The van der Waals surface area contributed by atoms with Crippen molar-refractivity contribution in [1.29, 1.82) is 0 Å². The Kier molecular flexibility index (Phi) is 15.8. The van der Waals surface area contributed by atoms with Crippen LogP contribution in [0.2, 0.25) is 0 Å². The van der Waals surface area contributed by atoms with E-state index in [2.05, 4.69) is 27.3 Å². The van der Waals surface area contributed by atoms with Crippen molar-refractivity contribution in [1.82, 2.24) is 16.0 Å². The Morgan fingerprint density at radius 1 is 0.905 bits per heavy atom. The maximum Gasteiger partial charge on any atom is 0.408 e. The van der Waals surface area contributed by atoms with E-state index in [1.807, 2.05) is 30.3 Å². The third-order valence-electron chi connectivity index (χ3n) is 6.22. The number of alkyl carbamates (subject to hydrolysis) is 1. The zero-order chi connectivity index (χ0) is 30.6. The Morgan fingerprint density at radius 2 is 1.64 bits per heavy atom. The third kappa shape index (κ3) is 13.3. The number of ether oxygens (including phenoxy) is 3. The van der Waals surface area contributed by atoms with Crippen LogP contribution in [0.25, 0.3) is 0 Å². The molecule has 0 radical (unpaired) electrons. The van der Waals surface area contributed by atoms with E-state index in [0.29, 0.717) is 44.6 Å². The lowest BCUT2D eigenvalue weighted by molar-refractivity contribution is -0.140. The van der Waals surface area contributed by atoms with Gasteiger partial charge in [-0.25, -0.2) is 4.79 Å². The lowest BCUT2D eigenvalue weighted by Gasteiger charge is -2.23. The summed E-state index contributed by atoms with van der Waals surface area (Å²) in [6.07, 6.45) is 3.21. The molecular formula is C31H42N4O7. The number of hydrogen-bond donors (Lipinski definition) is 4. The summed E-state index contributed by atoms with van der Waals surface area (Å²) in [5.41, 5.74) is 7.18. The van der Waals surface area contributed by atoms with E-state index in [-0.39, 0.29) is 37.9 Å². The van der Waals surface area contributed by atoms with Gasteiger partial charge < -0.3 is 35.9 Å². The maximum absolute atomic E-state index is 13.5. The Bertz CT molecular complexity index is 1130. The molecule has 0 aliphatic heterocycles. The van der Waals surface area contributed by atoms with Gasteiger partial charge in [-0.2, -0.15) is 0 Å². The van der Waals surface area contributed by atoms with Gasteiger partial charge >= 0.3 is 12.1 Å². The number of methoxy groups -OCH3 is 1. The average molecular weight is 583 g/mol. The zero-order valence-electron chi connectivity index (χ0n) is 24.1. The molecule has 0 aromatic heterocycles. The predicted molar refractivity (Wildman–Crippen MR) is 158 cm³/mol. The van der Waals surface area contributed by atoms with E-state index >= 15 is 0 Å². The molecule has 0 spiro atoms. The Labute approximate surface area is 247 Å². The maximum atomic E-state index is 13.5. The average Bonchev–Trinajstić information content (AvgIpc) is 3.01. The summed E-state index contributed by atoms with van der Waals surface area (Å²) in [5, 5.41) is 8.19. The molecule has 0 heterocycles. The van der Waals surface area contributed by atoms with Crippen molar-refractivity contribution in [3.05, 3.63) is 78.4 Å². The van der Waals surface area contributed by atoms with Crippen LogP contribution in [0.3, 0.4) is 0 Å². The van der Waals surface area contributed by atoms with Gasteiger partial charge in [0.05, 0.1) is 7.11 Å². The van der Waals surface area contributed by atoms with Gasteiger partial charge in [0.2, 0.25) is 11.8 Å². The molecule has 0 aliphatic carbocycles. The number of amides is 3. The normalized spacial score (nSPS) is 11.9. The van der Waals surface area contributed by atoms with E-state index in [9.17, 15) is 19.2 Å². The predicted octanol–water partition coefficient (Wildman–Crippen LogP) is 2.77. The monoisotopic (exact) mass is 582 g/mol. The highest BCUT2D eigenvalue weighted by Crippen LogP contribution is 2.14. The number of esters is 1. The molecule has 2 atom stereocenters. The Hall–Kier alpha value is -4.38. The van der Waals surface area contributed by atoms with E-state index < -0.39 is 24.1 Å². The number of nitrogens with two attached hydrogens (primary N) is 1. The van der Waals surface area contributed by atoms with Crippen molar-refractivity contribution in [2.24, 2.45) is 5.73 Å². The first kappa shape index (κ1) is 33.8. The van der Waals surface area contributed by atoms with E-state index in [1.54, 1.807) is 30.3 Å². The smallest absolute Gasteiger partial charge is 0.408 e. The van der Waals surface area contributed by atoms with Crippen LogP contribution in [-0.2, 0) is 36.9 Å². The van der Waals surface area contributed by atoms with Crippen LogP contribution in [0.4, 0.5) is 4.79 Å². The molecule has 2 aromatic rings. The van der Waals surface area contributed by atoms with Gasteiger partial charge in [0.25, 0.3) is 0 Å². The molecular weight excluding hydrogens is 540 g/mol. The van der Waals surface area contributed by atoms with Gasteiger partial charge in [0.1, 0.15) is 31.0 Å². The summed E-state index contributed by atoms with van der Waals surface area (Å²) >= 11 is 0. The number of hydrogen-bond acceptors (Lipinski definition) is 8. The van der Waals surface area contributed by atoms with E-state index in [4.69, 9.17) is 15.2 Å². The first-order chi connectivity index (χ1) is 20.4. The van der Waals surface area contributed by atoms with Gasteiger partial charge in [0.15, 0.2) is 0 Å². The number of unbranched alkanes of at least 4 members (excludes halogenated alkanes) is 1. The molecule has 0 unspecified atom stereocenters. The van der Waals surface area contributed by atoms with Crippen LogP contribution in [0.5, 0.6) is 5.75 Å². The summed E-state index contributed by atoms with van der Waals surface area (Å²) in [5.74, 6) is -0.662. The fourth-order valence-corrected chi connectivity index (χ4v) is 3.93. The van der Waals surface area contributed by atoms with Gasteiger partial charge in [-0.15, -0.1) is 0 Å². The molecule has 228 valence electrons. The molecule has 11 nitrogen and oxygen atoms in total. The molecule has 5 N–H and O–H groups in total. The van der Waals surface area contributed by atoms with Crippen LogP contribution < -0.4 is 26.4 Å². The molecule has 0 fully saturated rings. The van der Waals surface area contributed by atoms with Gasteiger partial charge in [0, 0.05) is 19.4 Å². The number of carbonyl (C=O) groups excluding carboxylic acids is 4. The lowest BCUT2D eigenvalue weighted by atomic mass is 10.0. The van der Waals surface area contributed by atoms with Gasteiger partial charge in [-0.1, -0.05) is 55.1 Å². The fraction of sp³-hybridized carbons (Fsp3) is 0.419. The SMILES string of the molecule is C=CCOc1ccc(C[C@H](NC(=O)OCc2ccccc2)C(=O)N[C@@H](CCCCN)C(=O)NCCCC(=O)OC)cc1. The summed E-state index contributed by atoms with van der Waals surface area (Å²) in [6.45, 7) is 4.71. The minimum Gasteiger partial charge on any atom is -0.490 e. The molecule has 0 bridgehead atoms. The minimum atomic E-state index is -1.03. The van der Waals surface area contributed by atoms with Gasteiger partial charge in [-0.3, -0.25) is 14.4 Å². The topological polar surface area (TPSA) is 158 Å². The Morgan fingerprint density at radius 3 is 2.31 bits per heavy atom. The molecule has 0 saturated heterocycles. The molecule has 0 saturated carbocycles. The number of carbonyl (C=O) groups is 4. The van der Waals surface area contributed by atoms with Crippen molar-refractivity contribution in [3.8, 4) is 5.75 Å². The quantitative estimate of drug-likeness (QED) is 0.112. The van der Waals surface area contributed by atoms with Crippen molar-refractivity contribution in [2.45, 2.75) is 57.2 Å².